The van der Waals surface area contributed by atoms with Gasteiger partial charge in [-0.2, -0.15) is 15.5 Å². The van der Waals surface area contributed by atoms with E-state index >= 15 is 0 Å². The number of nitriles is 1. The molecular weight excluding hydrogens is 350 g/mol. The van der Waals surface area contributed by atoms with Crippen LogP contribution in [-0.2, 0) is 11.2 Å². The number of carbonyl (C=O) groups excluding carboxylic acids is 1. The molecule has 0 aliphatic carbocycles. The third kappa shape index (κ3) is 3.90. The van der Waals surface area contributed by atoms with Gasteiger partial charge in [-0.1, -0.05) is 6.07 Å². The molecular formula is C22H21N5O. The Kier molecular flexibility index (Phi) is 5.09. The molecule has 1 fully saturated rings. The maximum atomic E-state index is 12.6. The van der Waals surface area contributed by atoms with Crippen molar-refractivity contribution < 1.29 is 4.79 Å². The number of likely N-dealkylation sites (tertiary alicyclic amines) is 1. The van der Waals surface area contributed by atoms with Crippen molar-refractivity contribution in [2.24, 2.45) is 5.92 Å². The van der Waals surface area contributed by atoms with Crippen molar-refractivity contribution in [3.05, 3.63) is 54.0 Å². The van der Waals surface area contributed by atoms with Crippen LogP contribution >= 0.6 is 0 Å². The van der Waals surface area contributed by atoms with Crippen molar-refractivity contribution in [3.8, 4) is 17.2 Å². The van der Waals surface area contributed by atoms with E-state index in [0.717, 1.165) is 48.0 Å². The first-order chi connectivity index (χ1) is 13.6. The molecule has 0 N–H and O–H groups in total. The average Bonchev–Trinajstić information content (AvgIpc) is 2.73. The summed E-state index contributed by atoms with van der Waals surface area (Å²) in [6.07, 6.45) is 5.45. The fourth-order valence-electron chi connectivity index (χ4n) is 3.67. The molecule has 2 aromatic heterocycles. The minimum Gasteiger partial charge on any atom is -0.306 e. The van der Waals surface area contributed by atoms with Crippen molar-refractivity contribution in [2.75, 3.05) is 20.1 Å². The maximum absolute atomic E-state index is 12.6. The van der Waals surface area contributed by atoms with E-state index in [-0.39, 0.29) is 11.7 Å². The molecule has 0 spiro atoms. The Morgan fingerprint density at radius 1 is 1.14 bits per heavy atom. The Hall–Kier alpha value is -3.17. The molecule has 1 aliphatic heterocycles. The first-order valence-corrected chi connectivity index (χ1v) is 9.45. The summed E-state index contributed by atoms with van der Waals surface area (Å²) in [4.78, 5) is 19.0. The van der Waals surface area contributed by atoms with Crippen LogP contribution in [0.4, 0.5) is 0 Å². The number of hydrogen-bond donors (Lipinski definition) is 0. The highest BCUT2D eigenvalue weighted by atomic mass is 16.1. The molecule has 0 atom stereocenters. The van der Waals surface area contributed by atoms with Crippen LogP contribution < -0.4 is 0 Å². The summed E-state index contributed by atoms with van der Waals surface area (Å²) in [5.41, 5.74) is 3.84. The molecule has 0 radical (unpaired) electrons. The van der Waals surface area contributed by atoms with E-state index in [1.165, 1.54) is 0 Å². The Bertz CT molecular complexity index is 1060. The van der Waals surface area contributed by atoms with E-state index in [1.807, 2.05) is 30.3 Å². The summed E-state index contributed by atoms with van der Waals surface area (Å²) >= 11 is 0. The first kappa shape index (κ1) is 18.2. The van der Waals surface area contributed by atoms with Crippen LogP contribution in [0.3, 0.4) is 0 Å². The Labute approximate surface area is 163 Å². The molecule has 3 heterocycles. The summed E-state index contributed by atoms with van der Waals surface area (Å²) in [5.74, 6) is 0.378. The summed E-state index contributed by atoms with van der Waals surface area (Å²) in [6.45, 7) is 1.94. The molecule has 1 aromatic carbocycles. The van der Waals surface area contributed by atoms with E-state index in [0.29, 0.717) is 17.7 Å². The molecule has 6 heteroatoms. The van der Waals surface area contributed by atoms with Gasteiger partial charge in [0.15, 0.2) is 0 Å². The Morgan fingerprint density at radius 3 is 2.75 bits per heavy atom. The van der Waals surface area contributed by atoms with Gasteiger partial charge in [0.2, 0.25) is 0 Å². The smallest absolute Gasteiger partial charge is 0.142 e. The van der Waals surface area contributed by atoms with Crippen molar-refractivity contribution in [2.45, 2.75) is 19.3 Å². The standard InChI is InChI=1S/C22H21N5O/c1-27-6-4-16(5-7-27)22(28)11-20-10-18-9-17(2-3-21(18)26-25-20)19-8-15(12-23)13-24-14-19/h2-3,8-10,13-14,16H,4-7,11H2,1H3. The van der Waals surface area contributed by atoms with Gasteiger partial charge in [-0.15, -0.1) is 0 Å². The fourth-order valence-corrected chi connectivity index (χ4v) is 3.67. The molecule has 1 aliphatic rings. The van der Waals surface area contributed by atoms with Crippen molar-refractivity contribution in [1.82, 2.24) is 20.1 Å². The number of Topliss-reactive ketones (excluding diaryl/α,β-unsaturated/α-hetero) is 1. The first-order valence-electron chi connectivity index (χ1n) is 9.45. The van der Waals surface area contributed by atoms with Crippen LogP contribution in [0, 0.1) is 17.2 Å². The van der Waals surface area contributed by atoms with Crippen LogP contribution in [0.5, 0.6) is 0 Å². The normalized spacial score (nSPS) is 15.4. The number of benzene rings is 1. The molecule has 140 valence electrons. The van der Waals surface area contributed by atoms with Crippen LogP contribution in [0.15, 0.2) is 42.7 Å². The van der Waals surface area contributed by atoms with Gasteiger partial charge in [-0.3, -0.25) is 9.78 Å². The molecule has 4 rings (SSSR count). The second-order valence-electron chi connectivity index (χ2n) is 7.40. The minimum atomic E-state index is 0.125. The highest BCUT2D eigenvalue weighted by Crippen LogP contribution is 2.24. The molecule has 0 unspecified atom stereocenters. The number of carbonyl (C=O) groups is 1. The lowest BCUT2D eigenvalue weighted by Gasteiger charge is -2.27. The largest absolute Gasteiger partial charge is 0.306 e. The van der Waals surface area contributed by atoms with Gasteiger partial charge in [0, 0.05) is 29.3 Å². The third-order valence-corrected chi connectivity index (χ3v) is 5.37. The third-order valence-electron chi connectivity index (χ3n) is 5.37. The van der Waals surface area contributed by atoms with Gasteiger partial charge in [0.05, 0.1) is 23.2 Å². The molecule has 0 amide bonds. The molecule has 0 bridgehead atoms. The van der Waals surface area contributed by atoms with Gasteiger partial charge < -0.3 is 4.90 Å². The highest BCUT2D eigenvalue weighted by molar-refractivity contribution is 5.87. The lowest BCUT2D eigenvalue weighted by atomic mass is 9.90. The SMILES string of the molecule is CN1CCC(C(=O)Cc2cc3cc(-c4cncc(C#N)c4)ccc3nn2)CC1. The number of rotatable bonds is 4. The van der Waals surface area contributed by atoms with E-state index in [2.05, 4.69) is 33.2 Å². The number of piperidine rings is 1. The quantitative estimate of drug-likeness (QED) is 0.701. The second kappa shape index (κ2) is 7.83. The molecule has 1 saturated heterocycles. The van der Waals surface area contributed by atoms with Crippen molar-refractivity contribution in [3.63, 3.8) is 0 Å². The predicted octanol–water partition coefficient (Wildman–Crippen LogP) is 3.02. The minimum absolute atomic E-state index is 0.125. The molecule has 3 aromatic rings. The molecule has 6 nitrogen and oxygen atoms in total. The molecule has 28 heavy (non-hydrogen) atoms. The number of nitrogens with zero attached hydrogens (tertiary/aromatic N) is 5. The van der Waals surface area contributed by atoms with Gasteiger partial charge in [0.25, 0.3) is 0 Å². The number of aromatic nitrogens is 3. The summed E-state index contributed by atoms with van der Waals surface area (Å²) in [5, 5.41) is 18.5. The summed E-state index contributed by atoms with van der Waals surface area (Å²) in [7, 11) is 2.09. The zero-order valence-electron chi connectivity index (χ0n) is 15.8. The van der Waals surface area contributed by atoms with E-state index in [1.54, 1.807) is 12.4 Å². The topological polar surface area (TPSA) is 82.8 Å². The van der Waals surface area contributed by atoms with E-state index in [4.69, 9.17) is 5.26 Å². The Morgan fingerprint density at radius 2 is 1.96 bits per heavy atom. The van der Waals surface area contributed by atoms with Crippen molar-refractivity contribution in [1.29, 1.82) is 5.26 Å². The predicted molar refractivity (Wildman–Crippen MR) is 106 cm³/mol. The maximum Gasteiger partial charge on any atom is 0.142 e. The van der Waals surface area contributed by atoms with Crippen LogP contribution in [-0.4, -0.2) is 46.0 Å². The van der Waals surface area contributed by atoms with Gasteiger partial charge >= 0.3 is 0 Å². The van der Waals surface area contributed by atoms with Gasteiger partial charge in [-0.05, 0) is 62.8 Å². The lowest BCUT2D eigenvalue weighted by molar-refractivity contribution is -0.123. The highest BCUT2D eigenvalue weighted by Gasteiger charge is 2.23. The number of fused-ring (bicyclic) bond motifs is 1. The number of ketones is 1. The monoisotopic (exact) mass is 371 g/mol. The van der Waals surface area contributed by atoms with Crippen LogP contribution in [0.1, 0.15) is 24.1 Å². The van der Waals surface area contributed by atoms with E-state index < -0.39 is 0 Å². The Balaban J connectivity index is 1.57. The number of pyridine rings is 1. The van der Waals surface area contributed by atoms with Gasteiger partial charge in [0.1, 0.15) is 11.9 Å². The summed E-state index contributed by atoms with van der Waals surface area (Å²) < 4.78 is 0. The summed E-state index contributed by atoms with van der Waals surface area (Å²) in [6, 6.07) is 11.7. The fraction of sp³-hybridized carbons (Fsp3) is 0.318. The molecule has 0 saturated carbocycles. The van der Waals surface area contributed by atoms with Crippen LogP contribution in [0.2, 0.25) is 0 Å². The number of hydrogen-bond acceptors (Lipinski definition) is 6. The lowest BCUT2D eigenvalue weighted by Crippen LogP contribution is -2.34. The zero-order chi connectivity index (χ0) is 19.5. The van der Waals surface area contributed by atoms with Crippen LogP contribution in [0.25, 0.3) is 22.0 Å². The van der Waals surface area contributed by atoms with E-state index in [9.17, 15) is 4.79 Å². The zero-order valence-corrected chi connectivity index (χ0v) is 15.8. The average molecular weight is 371 g/mol. The van der Waals surface area contributed by atoms with Crippen molar-refractivity contribution >= 4 is 16.7 Å². The van der Waals surface area contributed by atoms with Gasteiger partial charge in [-0.25, -0.2) is 0 Å². The second-order valence-corrected chi connectivity index (χ2v) is 7.40.